The minimum Gasteiger partial charge on any atom is -0.497 e. The summed E-state index contributed by atoms with van der Waals surface area (Å²) in [5, 5.41) is 10.2. The number of carboxylic acids is 1. The molecule has 0 radical (unpaired) electrons. The number of ether oxygens (including phenoxy) is 2. The number of nitrogens with zero attached hydrogens (tertiary/aromatic N) is 1. The van der Waals surface area contributed by atoms with Gasteiger partial charge in [-0.05, 0) is 49.4 Å². The Hall–Kier alpha value is -2.12. The molecule has 1 heterocycles. The molecule has 0 saturated carbocycles. The van der Waals surface area contributed by atoms with Crippen LogP contribution in [0.1, 0.15) is 35.5 Å². The van der Waals surface area contributed by atoms with E-state index in [1.807, 2.05) is 32.0 Å². The van der Waals surface area contributed by atoms with Crippen molar-refractivity contribution in [2.75, 3.05) is 33.4 Å². The minimum atomic E-state index is -0.907. The van der Waals surface area contributed by atoms with Gasteiger partial charge in [-0.25, -0.2) is 0 Å². The molecule has 148 valence electrons. The largest absolute Gasteiger partial charge is 0.497 e. The first-order chi connectivity index (χ1) is 12.9. The SMILES string of the molecule is CCOCCCN(CC(C)C(=O)O)C(=O)c1sc2ccc(OC)cc2c1C. The summed E-state index contributed by atoms with van der Waals surface area (Å²) >= 11 is 1.43. The Balaban J connectivity index is 2.28. The van der Waals surface area contributed by atoms with Gasteiger partial charge in [0.05, 0.1) is 17.9 Å². The first-order valence-corrected chi connectivity index (χ1v) is 9.87. The number of carbonyl (C=O) groups is 2. The number of aliphatic carboxylic acids is 1. The van der Waals surface area contributed by atoms with E-state index in [0.29, 0.717) is 31.1 Å². The first-order valence-electron chi connectivity index (χ1n) is 9.06. The third-order valence-electron chi connectivity index (χ3n) is 4.46. The molecule has 6 nitrogen and oxygen atoms in total. The van der Waals surface area contributed by atoms with Crippen LogP contribution in [0.3, 0.4) is 0 Å². The van der Waals surface area contributed by atoms with E-state index in [2.05, 4.69) is 0 Å². The Labute approximate surface area is 163 Å². The van der Waals surface area contributed by atoms with Crippen LogP contribution in [0.4, 0.5) is 0 Å². The number of carboxylic acid groups (broad SMARTS) is 1. The molecular formula is C20H27NO5S. The zero-order valence-corrected chi connectivity index (χ0v) is 17.1. The van der Waals surface area contributed by atoms with Gasteiger partial charge >= 0.3 is 5.97 Å². The van der Waals surface area contributed by atoms with Gasteiger partial charge < -0.3 is 19.5 Å². The van der Waals surface area contributed by atoms with Crippen molar-refractivity contribution in [3.8, 4) is 5.75 Å². The highest BCUT2D eigenvalue weighted by Gasteiger charge is 2.25. The molecule has 0 saturated heterocycles. The Morgan fingerprint density at radius 2 is 2.07 bits per heavy atom. The van der Waals surface area contributed by atoms with Gasteiger partial charge in [0, 0.05) is 31.0 Å². The summed E-state index contributed by atoms with van der Waals surface area (Å²) in [7, 11) is 1.61. The zero-order chi connectivity index (χ0) is 20.0. The average Bonchev–Trinajstić information content (AvgIpc) is 2.99. The second-order valence-corrected chi connectivity index (χ2v) is 7.51. The molecule has 1 atom stereocenters. The number of carbonyl (C=O) groups excluding carboxylic acids is 1. The lowest BCUT2D eigenvalue weighted by molar-refractivity contribution is -0.141. The topological polar surface area (TPSA) is 76.1 Å². The van der Waals surface area contributed by atoms with Gasteiger partial charge in [-0.15, -0.1) is 11.3 Å². The summed E-state index contributed by atoms with van der Waals surface area (Å²) in [6, 6.07) is 5.75. The summed E-state index contributed by atoms with van der Waals surface area (Å²) in [5.74, 6) is -0.918. The fourth-order valence-corrected chi connectivity index (χ4v) is 4.02. The lowest BCUT2D eigenvalue weighted by atomic mass is 10.1. The van der Waals surface area contributed by atoms with Gasteiger partial charge in [0.15, 0.2) is 0 Å². The van der Waals surface area contributed by atoms with Crippen LogP contribution in [-0.4, -0.2) is 55.3 Å². The zero-order valence-electron chi connectivity index (χ0n) is 16.3. The van der Waals surface area contributed by atoms with E-state index in [4.69, 9.17) is 9.47 Å². The number of amides is 1. The molecule has 0 bridgehead atoms. The Morgan fingerprint density at radius 1 is 1.33 bits per heavy atom. The highest BCUT2D eigenvalue weighted by molar-refractivity contribution is 7.21. The van der Waals surface area contributed by atoms with E-state index in [-0.39, 0.29) is 12.5 Å². The number of hydrogen-bond acceptors (Lipinski definition) is 5. The van der Waals surface area contributed by atoms with Gasteiger partial charge in [-0.3, -0.25) is 9.59 Å². The molecule has 0 aliphatic rings. The molecule has 0 fully saturated rings. The van der Waals surface area contributed by atoms with Crippen LogP contribution in [0.25, 0.3) is 10.1 Å². The average molecular weight is 394 g/mol. The molecule has 1 N–H and O–H groups in total. The van der Waals surface area contributed by atoms with Crippen molar-refractivity contribution in [1.29, 1.82) is 0 Å². The van der Waals surface area contributed by atoms with Crippen LogP contribution >= 0.6 is 11.3 Å². The second kappa shape index (κ2) is 9.71. The molecule has 2 aromatic rings. The van der Waals surface area contributed by atoms with E-state index in [1.54, 1.807) is 18.9 Å². The molecule has 1 unspecified atom stereocenters. The number of benzene rings is 1. The second-order valence-electron chi connectivity index (χ2n) is 6.46. The Morgan fingerprint density at radius 3 is 2.70 bits per heavy atom. The first kappa shape index (κ1) is 21.2. The summed E-state index contributed by atoms with van der Waals surface area (Å²) in [6.07, 6.45) is 0.670. The number of thiophene rings is 1. The fourth-order valence-electron chi connectivity index (χ4n) is 2.86. The standard InChI is InChI=1S/C20H27NO5S/c1-5-26-10-6-9-21(12-13(2)20(23)24)19(22)18-14(3)16-11-15(25-4)7-8-17(16)27-18/h7-8,11,13H,5-6,9-10,12H2,1-4H3,(H,23,24). The molecule has 1 aromatic heterocycles. The highest BCUT2D eigenvalue weighted by Crippen LogP contribution is 2.34. The van der Waals surface area contributed by atoms with E-state index in [1.165, 1.54) is 11.3 Å². The van der Waals surface area contributed by atoms with Crippen molar-refractivity contribution in [2.45, 2.75) is 27.2 Å². The molecule has 1 amide bonds. The molecule has 1 aromatic carbocycles. The lowest BCUT2D eigenvalue weighted by Gasteiger charge is -2.24. The minimum absolute atomic E-state index is 0.128. The maximum Gasteiger partial charge on any atom is 0.308 e. The maximum absolute atomic E-state index is 13.2. The van der Waals surface area contributed by atoms with E-state index in [0.717, 1.165) is 21.4 Å². The van der Waals surface area contributed by atoms with E-state index in [9.17, 15) is 14.7 Å². The number of hydrogen-bond donors (Lipinski definition) is 1. The Bertz CT molecular complexity index is 801. The van der Waals surface area contributed by atoms with Gasteiger partial charge in [0.1, 0.15) is 5.75 Å². The molecule has 0 spiro atoms. The smallest absolute Gasteiger partial charge is 0.308 e. The monoisotopic (exact) mass is 393 g/mol. The molecule has 0 aliphatic heterocycles. The molecule has 27 heavy (non-hydrogen) atoms. The summed E-state index contributed by atoms with van der Waals surface area (Å²) in [6.45, 7) is 7.27. The summed E-state index contributed by atoms with van der Waals surface area (Å²) in [5.41, 5.74) is 0.900. The molecule has 7 heteroatoms. The quantitative estimate of drug-likeness (QED) is 0.621. The van der Waals surface area contributed by atoms with Crippen LogP contribution in [0, 0.1) is 12.8 Å². The fraction of sp³-hybridized carbons (Fsp3) is 0.500. The maximum atomic E-state index is 13.2. The van der Waals surface area contributed by atoms with Crippen molar-refractivity contribution < 1.29 is 24.2 Å². The van der Waals surface area contributed by atoms with Crippen molar-refractivity contribution in [1.82, 2.24) is 4.90 Å². The van der Waals surface area contributed by atoms with Crippen LogP contribution in [0.15, 0.2) is 18.2 Å². The van der Waals surface area contributed by atoms with Gasteiger partial charge in [0.2, 0.25) is 0 Å². The Kier molecular flexibility index (Phi) is 7.62. The highest BCUT2D eigenvalue weighted by atomic mass is 32.1. The molecule has 0 aliphatic carbocycles. The van der Waals surface area contributed by atoms with Gasteiger partial charge in [0.25, 0.3) is 5.91 Å². The third kappa shape index (κ3) is 5.20. The van der Waals surface area contributed by atoms with Crippen LogP contribution < -0.4 is 4.74 Å². The third-order valence-corrected chi connectivity index (χ3v) is 5.72. The van der Waals surface area contributed by atoms with E-state index < -0.39 is 11.9 Å². The number of methoxy groups -OCH3 is 1. The predicted octanol–water partition coefficient (Wildman–Crippen LogP) is 3.81. The van der Waals surface area contributed by atoms with Crippen molar-refractivity contribution in [3.63, 3.8) is 0 Å². The van der Waals surface area contributed by atoms with Crippen LogP contribution in [0.2, 0.25) is 0 Å². The van der Waals surface area contributed by atoms with Crippen molar-refractivity contribution >= 4 is 33.3 Å². The normalized spacial score (nSPS) is 12.1. The number of aryl methyl sites for hydroxylation is 1. The number of fused-ring (bicyclic) bond motifs is 1. The van der Waals surface area contributed by atoms with Crippen LogP contribution in [0.5, 0.6) is 5.75 Å². The number of rotatable bonds is 10. The van der Waals surface area contributed by atoms with Gasteiger partial charge in [-0.1, -0.05) is 6.92 Å². The molecular weight excluding hydrogens is 366 g/mol. The van der Waals surface area contributed by atoms with E-state index >= 15 is 0 Å². The van der Waals surface area contributed by atoms with Gasteiger partial charge in [-0.2, -0.15) is 0 Å². The van der Waals surface area contributed by atoms with Crippen molar-refractivity contribution in [2.24, 2.45) is 5.92 Å². The molecule has 2 rings (SSSR count). The summed E-state index contributed by atoms with van der Waals surface area (Å²) in [4.78, 5) is 26.7. The van der Waals surface area contributed by atoms with Crippen LogP contribution in [-0.2, 0) is 9.53 Å². The lowest BCUT2D eigenvalue weighted by Crippen LogP contribution is -2.38. The summed E-state index contributed by atoms with van der Waals surface area (Å²) < 4.78 is 11.6. The predicted molar refractivity (Wildman–Crippen MR) is 107 cm³/mol. The van der Waals surface area contributed by atoms with Crippen molar-refractivity contribution in [3.05, 3.63) is 28.6 Å².